The van der Waals surface area contributed by atoms with Gasteiger partial charge in [0.05, 0.1) is 18.0 Å². The van der Waals surface area contributed by atoms with Gasteiger partial charge in [0, 0.05) is 6.20 Å². The first-order chi connectivity index (χ1) is 9.22. The maximum absolute atomic E-state index is 12.8. The van der Waals surface area contributed by atoms with Crippen molar-refractivity contribution in [3.8, 4) is 28.7 Å². The van der Waals surface area contributed by atoms with Crippen LogP contribution in [0, 0.1) is 5.82 Å². The zero-order valence-corrected chi connectivity index (χ0v) is 9.49. The normalized spacial score (nSPS) is 10.6. The molecule has 0 aliphatic heterocycles. The van der Waals surface area contributed by atoms with Crippen LogP contribution < -0.4 is 0 Å². The first-order valence-electron chi connectivity index (χ1n) is 5.32. The molecule has 0 amide bonds. The van der Waals surface area contributed by atoms with Crippen LogP contribution in [0.15, 0.2) is 41.3 Å². The summed E-state index contributed by atoms with van der Waals surface area (Å²) in [5.74, 6) is -0.00956. The Morgan fingerprint density at radius 2 is 2.05 bits per heavy atom. The van der Waals surface area contributed by atoms with Crippen molar-refractivity contribution in [2.75, 3.05) is 0 Å². The van der Waals surface area contributed by atoms with E-state index in [0.717, 1.165) is 6.20 Å². The van der Waals surface area contributed by atoms with E-state index in [1.54, 1.807) is 0 Å². The van der Waals surface area contributed by atoms with Gasteiger partial charge in [-0.15, -0.1) is 0 Å². The van der Waals surface area contributed by atoms with Crippen LogP contribution in [0.1, 0.15) is 0 Å². The Morgan fingerprint density at radius 1 is 1.16 bits per heavy atom. The summed E-state index contributed by atoms with van der Waals surface area (Å²) >= 11 is 0. The Morgan fingerprint density at radius 3 is 2.79 bits per heavy atom. The zero-order chi connectivity index (χ0) is 13.2. The van der Waals surface area contributed by atoms with Gasteiger partial charge in [0.25, 0.3) is 5.89 Å². The van der Waals surface area contributed by atoms with E-state index in [1.165, 1.54) is 30.6 Å². The summed E-state index contributed by atoms with van der Waals surface area (Å²) < 4.78 is 17.8. The smallest absolute Gasteiger partial charge is 0.259 e. The van der Waals surface area contributed by atoms with Crippen molar-refractivity contribution >= 4 is 0 Å². The molecule has 19 heavy (non-hydrogen) atoms. The van der Waals surface area contributed by atoms with Gasteiger partial charge in [0.1, 0.15) is 17.3 Å². The molecule has 3 aromatic heterocycles. The molecule has 6 nitrogen and oxygen atoms in total. The predicted octanol–water partition coefficient (Wildman–Crippen LogP) is 2.04. The molecule has 0 saturated carbocycles. The molecule has 0 aliphatic carbocycles. The molecule has 0 spiro atoms. The van der Waals surface area contributed by atoms with Crippen LogP contribution in [0.2, 0.25) is 0 Å². The van der Waals surface area contributed by atoms with Gasteiger partial charge in [-0.3, -0.25) is 4.98 Å². The summed E-state index contributed by atoms with van der Waals surface area (Å²) in [6, 6.07) is 4.15. The average Bonchev–Trinajstić information content (AvgIpc) is 2.89. The molecule has 3 aromatic rings. The van der Waals surface area contributed by atoms with Crippen molar-refractivity contribution in [1.29, 1.82) is 0 Å². The molecule has 0 aromatic carbocycles. The number of pyridine rings is 2. The van der Waals surface area contributed by atoms with Crippen LogP contribution in [0.5, 0.6) is 5.75 Å². The van der Waals surface area contributed by atoms with E-state index in [9.17, 15) is 9.50 Å². The van der Waals surface area contributed by atoms with Gasteiger partial charge in [-0.1, -0.05) is 5.16 Å². The lowest BCUT2D eigenvalue weighted by Gasteiger charge is -1.94. The van der Waals surface area contributed by atoms with E-state index in [4.69, 9.17) is 4.52 Å². The number of halogens is 1. The number of nitrogens with zero attached hydrogens (tertiary/aromatic N) is 4. The SMILES string of the molecule is Oc1cncc(-c2nc(-c3ccc(F)cn3)no2)c1. The van der Waals surface area contributed by atoms with Gasteiger partial charge in [-0.2, -0.15) is 4.98 Å². The van der Waals surface area contributed by atoms with Gasteiger partial charge in [0.2, 0.25) is 5.82 Å². The summed E-state index contributed by atoms with van der Waals surface area (Å²) in [5.41, 5.74) is 0.880. The minimum Gasteiger partial charge on any atom is -0.506 e. The Labute approximate surface area is 106 Å². The zero-order valence-electron chi connectivity index (χ0n) is 9.49. The summed E-state index contributed by atoms with van der Waals surface area (Å²) in [6.07, 6.45) is 3.85. The predicted molar refractivity (Wildman–Crippen MR) is 62.4 cm³/mol. The second-order valence-electron chi connectivity index (χ2n) is 3.72. The maximum Gasteiger partial charge on any atom is 0.259 e. The first-order valence-corrected chi connectivity index (χ1v) is 5.32. The van der Waals surface area contributed by atoms with E-state index in [0.29, 0.717) is 11.3 Å². The first kappa shape index (κ1) is 11.3. The fraction of sp³-hybridized carbons (Fsp3) is 0. The lowest BCUT2D eigenvalue weighted by molar-refractivity contribution is 0.431. The Kier molecular flexibility index (Phi) is 2.64. The summed E-state index contributed by atoms with van der Waals surface area (Å²) in [7, 11) is 0. The molecule has 0 atom stereocenters. The van der Waals surface area contributed by atoms with Gasteiger partial charge < -0.3 is 9.63 Å². The molecule has 0 bridgehead atoms. The number of hydrogen-bond acceptors (Lipinski definition) is 6. The standard InChI is InChI=1S/C12H7FN4O2/c13-8-1-2-10(15-5-8)11-16-12(19-17-11)7-3-9(18)6-14-4-7/h1-6,18H. The van der Waals surface area contributed by atoms with E-state index in [-0.39, 0.29) is 17.5 Å². The van der Waals surface area contributed by atoms with E-state index >= 15 is 0 Å². The number of aromatic nitrogens is 4. The summed E-state index contributed by atoms with van der Waals surface area (Å²) in [5, 5.41) is 13.1. The third kappa shape index (κ3) is 2.25. The molecule has 0 saturated heterocycles. The van der Waals surface area contributed by atoms with E-state index in [2.05, 4.69) is 20.1 Å². The highest BCUT2D eigenvalue weighted by molar-refractivity contribution is 5.57. The average molecular weight is 258 g/mol. The molecule has 3 heterocycles. The number of rotatable bonds is 2. The largest absolute Gasteiger partial charge is 0.506 e. The van der Waals surface area contributed by atoms with E-state index in [1.807, 2.05) is 0 Å². The highest BCUT2D eigenvalue weighted by Gasteiger charge is 2.12. The van der Waals surface area contributed by atoms with Gasteiger partial charge >= 0.3 is 0 Å². The van der Waals surface area contributed by atoms with Crippen LogP contribution in [-0.2, 0) is 0 Å². The second kappa shape index (κ2) is 4.45. The van der Waals surface area contributed by atoms with Crippen molar-refractivity contribution in [1.82, 2.24) is 20.1 Å². The molecular formula is C12H7FN4O2. The third-order valence-electron chi connectivity index (χ3n) is 2.35. The minimum atomic E-state index is -0.440. The molecular weight excluding hydrogens is 251 g/mol. The van der Waals surface area contributed by atoms with Crippen molar-refractivity contribution < 1.29 is 14.0 Å². The van der Waals surface area contributed by atoms with Crippen molar-refractivity contribution in [2.24, 2.45) is 0 Å². The summed E-state index contributed by atoms with van der Waals surface area (Å²) in [6.45, 7) is 0. The van der Waals surface area contributed by atoms with Gasteiger partial charge in [0.15, 0.2) is 0 Å². The molecule has 7 heteroatoms. The quantitative estimate of drug-likeness (QED) is 0.757. The fourth-order valence-electron chi connectivity index (χ4n) is 1.50. The minimum absolute atomic E-state index is 0.00263. The lowest BCUT2D eigenvalue weighted by Crippen LogP contribution is -1.86. The van der Waals surface area contributed by atoms with Crippen LogP contribution >= 0.6 is 0 Å². The lowest BCUT2D eigenvalue weighted by atomic mass is 10.3. The molecule has 0 aliphatic rings. The highest BCUT2D eigenvalue weighted by atomic mass is 19.1. The number of hydrogen-bond donors (Lipinski definition) is 1. The monoisotopic (exact) mass is 258 g/mol. The molecule has 1 N–H and O–H groups in total. The number of aromatic hydroxyl groups is 1. The molecule has 94 valence electrons. The van der Waals surface area contributed by atoms with Crippen LogP contribution in [0.25, 0.3) is 23.0 Å². The maximum atomic E-state index is 12.8. The Balaban J connectivity index is 1.97. The van der Waals surface area contributed by atoms with Crippen LogP contribution in [-0.4, -0.2) is 25.2 Å². The van der Waals surface area contributed by atoms with Gasteiger partial charge in [-0.25, -0.2) is 9.37 Å². The van der Waals surface area contributed by atoms with Crippen molar-refractivity contribution in [2.45, 2.75) is 0 Å². The topological polar surface area (TPSA) is 84.9 Å². The molecule has 0 radical (unpaired) electrons. The molecule has 3 rings (SSSR count). The van der Waals surface area contributed by atoms with Crippen molar-refractivity contribution in [3.63, 3.8) is 0 Å². The third-order valence-corrected chi connectivity index (χ3v) is 2.35. The van der Waals surface area contributed by atoms with Gasteiger partial charge in [-0.05, 0) is 18.2 Å². The Hall–Kier alpha value is -2.83. The molecule has 0 unspecified atom stereocenters. The molecule has 0 fully saturated rings. The van der Waals surface area contributed by atoms with Crippen LogP contribution in [0.3, 0.4) is 0 Å². The Bertz CT molecular complexity index is 712. The summed E-state index contributed by atoms with van der Waals surface area (Å²) in [4.78, 5) is 11.8. The highest BCUT2D eigenvalue weighted by Crippen LogP contribution is 2.22. The van der Waals surface area contributed by atoms with Crippen molar-refractivity contribution in [3.05, 3.63) is 42.6 Å². The second-order valence-corrected chi connectivity index (χ2v) is 3.72. The van der Waals surface area contributed by atoms with E-state index < -0.39 is 5.82 Å². The fourth-order valence-corrected chi connectivity index (χ4v) is 1.50. The van der Waals surface area contributed by atoms with Crippen LogP contribution in [0.4, 0.5) is 4.39 Å².